The van der Waals surface area contributed by atoms with Crippen LogP contribution in [0.3, 0.4) is 0 Å². The maximum atomic E-state index is 13.3. The van der Waals surface area contributed by atoms with Crippen LogP contribution in [0.2, 0.25) is 5.02 Å². The molecule has 0 bridgehead atoms. The van der Waals surface area contributed by atoms with Crippen molar-refractivity contribution in [3.8, 4) is 0 Å². The molecular formula is C9H5ClF2N2. The van der Waals surface area contributed by atoms with Gasteiger partial charge in [0.25, 0.3) is 0 Å². The van der Waals surface area contributed by atoms with Crippen molar-refractivity contribution < 1.29 is 8.78 Å². The normalized spacial score (nSPS) is 10.8. The molecule has 2 aromatic rings. The second-order valence-corrected chi connectivity index (χ2v) is 3.21. The Bertz CT molecular complexity index is 514. The fourth-order valence-electron chi connectivity index (χ4n) is 1.24. The maximum Gasteiger partial charge on any atom is 0.137 e. The smallest absolute Gasteiger partial charge is 0.137 e. The van der Waals surface area contributed by atoms with Crippen molar-refractivity contribution in [2.24, 2.45) is 0 Å². The third-order valence-electron chi connectivity index (χ3n) is 1.88. The number of nitrogens with two attached hydrogens (primary N) is 1. The molecule has 2 rings (SSSR count). The minimum absolute atomic E-state index is 0.0545. The summed E-state index contributed by atoms with van der Waals surface area (Å²) < 4.78 is 26.0. The van der Waals surface area contributed by atoms with Gasteiger partial charge in [0.2, 0.25) is 0 Å². The molecule has 0 saturated carbocycles. The second kappa shape index (κ2) is 3.06. The van der Waals surface area contributed by atoms with E-state index in [1.807, 2.05) is 0 Å². The first kappa shape index (κ1) is 9.15. The van der Waals surface area contributed by atoms with Gasteiger partial charge in [0, 0.05) is 18.3 Å². The van der Waals surface area contributed by atoms with Crippen LogP contribution in [0.25, 0.3) is 10.9 Å². The monoisotopic (exact) mass is 214 g/mol. The molecule has 0 aliphatic rings. The quantitative estimate of drug-likeness (QED) is 0.732. The molecule has 0 saturated heterocycles. The van der Waals surface area contributed by atoms with Crippen molar-refractivity contribution in [1.29, 1.82) is 0 Å². The molecule has 0 amide bonds. The Morgan fingerprint density at radius 1 is 1.29 bits per heavy atom. The lowest BCUT2D eigenvalue weighted by atomic mass is 10.2. The van der Waals surface area contributed by atoms with Gasteiger partial charge in [-0.25, -0.2) is 8.78 Å². The molecule has 0 atom stereocenters. The molecule has 72 valence electrons. The summed E-state index contributed by atoms with van der Waals surface area (Å²) >= 11 is 5.65. The van der Waals surface area contributed by atoms with Gasteiger partial charge < -0.3 is 5.73 Å². The van der Waals surface area contributed by atoms with Crippen molar-refractivity contribution in [2.75, 3.05) is 5.73 Å². The van der Waals surface area contributed by atoms with Crippen LogP contribution in [0, 0.1) is 11.6 Å². The number of anilines is 1. The van der Waals surface area contributed by atoms with Gasteiger partial charge >= 0.3 is 0 Å². The van der Waals surface area contributed by atoms with E-state index >= 15 is 0 Å². The Morgan fingerprint density at radius 2 is 2.00 bits per heavy atom. The molecule has 0 radical (unpaired) electrons. The average molecular weight is 215 g/mol. The Kier molecular flexibility index (Phi) is 2.00. The van der Waals surface area contributed by atoms with E-state index in [0.717, 1.165) is 12.1 Å². The molecule has 1 aromatic heterocycles. The van der Waals surface area contributed by atoms with Crippen molar-refractivity contribution in [2.45, 2.75) is 0 Å². The molecule has 1 heterocycles. The van der Waals surface area contributed by atoms with Gasteiger partial charge in [-0.3, -0.25) is 4.98 Å². The predicted octanol–water partition coefficient (Wildman–Crippen LogP) is 2.75. The third kappa shape index (κ3) is 1.28. The minimum atomic E-state index is -0.757. The number of nitrogens with zero attached hydrogens (tertiary/aromatic N) is 1. The lowest BCUT2D eigenvalue weighted by Gasteiger charge is -2.04. The molecular weight excluding hydrogens is 210 g/mol. The number of rotatable bonds is 0. The second-order valence-electron chi connectivity index (χ2n) is 2.80. The van der Waals surface area contributed by atoms with E-state index in [2.05, 4.69) is 4.98 Å². The topological polar surface area (TPSA) is 38.9 Å². The van der Waals surface area contributed by atoms with E-state index in [9.17, 15) is 8.78 Å². The first-order valence-electron chi connectivity index (χ1n) is 3.78. The van der Waals surface area contributed by atoms with E-state index < -0.39 is 11.6 Å². The van der Waals surface area contributed by atoms with Crippen LogP contribution in [0.15, 0.2) is 18.3 Å². The number of benzene rings is 1. The standard InChI is InChI=1S/C9H5ClF2N2/c10-5-3-14-7-2-4(11)1-6(12)8(7)9(5)13/h1-3H,(H2,13,14). The zero-order valence-corrected chi connectivity index (χ0v) is 7.65. The Labute approximate surface area is 83.3 Å². The number of hydrogen-bond donors (Lipinski definition) is 1. The van der Waals surface area contributed by atoms with Crippen LogP contribution in [-0.2, 0) is 0 Å². The third-order valence-corrected chi connectivity index (χ3v) is 2.18. The van der Waals surface area contributed by atoms with E-state index in [1.165, 1.54) is 6.20 Å². The molecule has 2 nitrogen and oxygen atoms in total. The molecule has 1 aromatic carbocycles. The highest BCUT2D eigenvalue weighted by Gasteiger charge is 2.10. The van der Waals surface area contributed by atoms with Crippen LogP contribution in [0.4, 0.5) is 14.5 Å². The molecule has 0 spiro atoms. The highest BCUT2D eigenvalue weighted by Crippen LogP contribution is 2.29. The van der Waals surface area contributed by atoms with Crippen LogP contribution in [0.5, 0.6) is 0 Å². The molecule has 2 N–H and O–H groups in total. The van der Waals surface area contributed by atoms with Crippen molar-refractivity contribution in [3.05, 3.63) is 35.0 Å². The number of pyridine rings is 1. The first-order valence-corrected chi connectivity index (χ1v) is 4.16. The Balaban J connectivity index is 2.95. The minimum Gasteiger partial charge on any atom is -0.397 e. The highest BCUT2D eigenvalue weighted by atomic mass is 35.5. The van der Waals surface area contributed by atoms with Crippen LogP contribution in [0.1, 0.15) is 0 Å². The van der Waals surface area contributed by atoms with Gasteiger partial charge in [-0.2, -0.15) is 0 Å². The van der Waals surface area contributed by atoms with Gasteiger partial charge in [0.1, 0.15) is 11.6 Å². The van der Waals surface area contributed by atoms with Crippen LogP contribution >= 0.6 is 11.6 Å². The van der Waals surface area contributed by atoms with Gasteiger partial charge in [0.05, 0.1) is 21.6 Å². The molecule has 0 aliphatic heterocycles. The van der Waals surface area contributed by atoms with Crippen molar-refractivity contribution >= 4 is 28.2 Å². The lowest BCUT2D eigenvalue weighted by molar-refractivity contribution is 0.592. The summed E-state index contributed by atoms with van der Waals surface area (Å²) in [6.07, 6.45) is 1.26. The summed E-state index contributed by atoms with van der Waals surface area (Å²) in [5, 5.41) is 0.210. The fraction of sp³-hybridized carbons (Fsp3) is 0. The van der Waals surface area contributed by atoms with E-state index in [0.29, 0.717) is 0 Å². The maximum absolute atomic E-state index is 13.3. The summed E-state index contributed by atoms with van der Waals surface area (Å²) in [4.78, 5) is 3.77. The van der Waals surface area contributed by atoms with Crippen molar-refractivity contribution in [1.82, 2.24) is 4.98 Å². The molecule has 0 unspecified atom stereocenters. The Hall–Kier alpha value is -1.42. The number of aromatic nitrogens is 1. The van der Waals surface area contributed by atoms with E-state index in [1.54, 1.807) is 0 Å². The predicted molar refractivity (Wildman–Crippen MR) is 51.1 cm³/mol. The van der Waals surface area contributed by atoms with E-state index in [-0.39, 0.29) is 21.6 Å². The SMILES string of the molecule is Nc1c(Cl)cnc2cc(F)cc(F)c12. The van der Waals surface area contributed by atoms with Crippen LogP contribution < -0.4 is 5.73 Å². The lowest BCUT2D eigenvalue weighted by Crippen LogP contribution is -1.94. The summed E-state index contributed by atoms with van der Waals surface area (Å²) in [5.41, 5.74) is 5.77. The summed E-state index contributed by atoms with van der Waals surface area (Å²) in [7, 11) is 0. The average Bonchev–Trinajstić information content (AvgIpc) is 2.10. The van der Waals surface area contributed by atoms with Crippen LogP contribution in [-0.4, -0.2) is 4.98 Å². The van der Waals surface area contributed by atoms with Gasteiger partial charge in [-0.05, 0) is 0 Å². The number of halogens is 3. The van der Waals surface area contributed by atoms with E-state index in [4.69, 9.17) is 17.3 Å². The molecule has 14 heavy (non-hydrogen) atoms. The molecule has 5 heteroatoms. The van der Waals surface area contributed by atoms with Crippen molar-refractivity contribution in [3.63, 3.8) is 0 Å². The summed E-state index contributed by atoms with van der Waals surface area (Å²) in [6.45, 7) is 0. The van der Waals surface area contributed by atoms with Gasteiger partial charge in [-0.1, -0.05) is 11.6 Å². The first-order chi connectivity index (χ1) is 6.59. The molecule has 0 aliphatic carbocycles. The van der Waals surface area contributed by atoms with Gasteiger partial charge in [0.15, 0.2) is 0 Å². The largest absolute Gasteiger partial charge is 0.397 e. The number of hydrogen-bond acceptors (Lipinski definition) is 2. The highest BCUT2D eigenvalue weighted by molar-refractivity contribution is 6.34. The zero-order valence-electron chi connectivity index (χ0n) is 6.89. The zero-order chi connectivity index (χ0) is 10.3. The number of fused-ring (bicyclic) bond motifs is 1. The van der Waals surface area contributed by atoms with Gasteiger partial charge in [-0.15, -0.1) is 0 Å². The summed E-state index contributed by atoms with van der Waals surface area (Å²) in [5.74, 6) is -1.45. The summed E-state index contributed by atoms with van der Waals surface area (Å²) in [6, 6.07) is 1.85. The fourth-order valence-corrected chi connectivity index (χ4v) is 1.39. The molecule has 0 fully saturated rings. The Morgan fingerprint density at radius 3 is 2.71 bits per heavy atom. The number of nitrogen functional groups attached to an aromatic ring is 1.